The van der Waals surface area contributed by atoms with Crippen molar-refractivity contribution in [1.29, 1.82) is 0 Å². The largest absolute Gasteiger partial charge is 0.379 e. The van der Waals surface area contributed by atoms with E-state index in [1.54, 1.807) is 0 Å². The van der Waals surface area contributed by atoms with Gasteiger partial charge in [0.2, 0.25) is 0 Å². The fraction of sp³-hybridized carbons (Fsp3) is 0.304. The fourth-order valence-electron chi connectivity index (χ4n) is 4.40. The first-order valence-electron chi connectivity index (χ1n) is 9.28. The highest BCUT2D eigenvalue weighted by Gasteiger charge is 2.27. The Labute approximate surface area is 151 Å². The van der Waals surface area contributed by atoms with Crippen LogP contribution < -0.4 is 0 Å². The molecular formula is C23H21OSi. The van der Waals surface area contributed by atoms with E-state index in [0.29, 0.717) is 0 Å². The van der Waals surface area contributed by atoms with Gasteiger partial charge in [-0.25, -0.2) is 0 Å². The summed E-state index contributed by atoms with van der Waals surface area (Å²) in [6.45, 7) is 0.877. The van der Waals surface area contributed by atoms with Gasteiger partial charge in [0.05, 0.1) is 15.5 Å². The van der Waals surface area contributed by atoms with Gasteiger partial charge < -0.3 is 4.74 Å². The van der Waals surface area contributed by atoms with Crippen LogP contribution in [0.1, 0.15) is 31.2 Å². The van der Waals surface area contributed by atoms with Crippen LogP contribution >= 0.6 is 0 Å². The van der Waals surface area contributed by atoms with Gasteiger partial charge in [0.25, 0.3) is 0 Å². The molecule has 0 aromatic heterocycles. The lowest BCUT2D eigenvalue weighted by atomic mass is 9.90. The van der Waals surface area contributed by atoms with Crippen LogP contribution in [0, 0.1) is 0 Å². The second-order valence-electron chi connectivity index (χ2n) is 7.38. The molecule has 0 amide bonds. The van der Waals surface area contributed by atoms with Crippen LogP contribution in [0.15, 0.2) is 54.6 Å². The van der Waals surface area contributed by atoms with Crippen LogP contribution in [0.25, 0.3) is 32.3 Å². The van der Waals surface area contributed by atoms with Crippen molar-refractivity contribution in [2.45, 2.75) is 37.3 Å². The van der Waals surface area contributed by atoms with Crippen molar-refractivity contribution < 1.29 is 4.74 Å². The zero-order valence-electron chi connectivity index (χ0n) is 14.3. The SMILES string of the molecule is [Si]C1(CCc2ccc3ccc4cccc5ccc2c3c45)CCCCO1. The minimum Gasteiger partial charge on any atom is -0.379 e. The maximum Gasteiger partial charge on any atom is 0.0705 e. The molecule has 1 nitrogen and oxygen atoms in total. The zero-order chi connectivity index (χ0) is 16.9. The van der Waals surface area contributed by atoms with E-state index >= 15 is 0 Å². The van der Waals surface area contributed by atoms with Crippen molar-refractivity contribution in [2.75, 3.05) is 6.61 Å². The predicted octanol–water partition coefficient (Wildman–Crippen LogP) is 5.58. The van der Waals surface area contributed by atoms with Crippen LogP contribution in [0.3, 0.4) is 0 Å². The molecule has 1 atom stereocenters. The van der Waals surface area contributed by atoms with Crippen LogP contribution in [-0.4, -0.2) is 22.1 Å². The average molecular weight is 342 g/mol. The highest BCUT2D eigenvalue weighted by molar-refractivity contribution is 6.23. The van der Waals surface area contributed by atoms with Gasteiger partial charge in [0.15, 0.2) is 0 Å². The molecule has 1 aliphatic heterocycles. The number of hydrogen-bond donors (Lipinski definition) is 0. The molecule has 1 unspecified atom stereocenters. The van der Waals surface area contributed by atoms with Crippen LogP contribution in [0.4, 0.5) is 0 Å². The summed E-state index contributed by atoms with van der Waals surface area (Å²) in [5, 5.41) is 8.09. The van der Waals surface area contributed by atoms with Gasteiger partial charge in [-0.2, -0.15) is 0 Å². The quantitative estimate of drug-likeness (QED) is 0.349. The van der Waals surface area contributed by atoms with E-state index in [4.69, 9.17) is 4.74 Å². The van der Waals surface area contributed by atoms with E-state index in [9.17, 15) is 0 Å². The summed E-state index contributed by atoms with van der Waals surface area (Å²) in [5.74, 6) is 0. The molecule has 1 heterocycles. The molecule has 25 heavy (non-hydrogen) atoms. The van der Waals surface area contributed by atoms with E-state index in [1.807, 2.05) is 0 Å². The third-order valence-electron chi connectivity index (χ3n) is 5.77. The molecule has 4 aromatic carbocycles. The van der Waals surface area contributed by atoms with Crippen molar-refractivity contribution in [1.82, 2.24) is 0 Å². The number of rotatable bonds is 3. The summed E-state index contributed by atoms with van der Waals surface area (Å²) in [6, 6.07) is 20.3. The first-order chi connectivity index (χ1) is 12.2. The highest BCUT2D eigenvalue weighted by atomic mass is 28.1. The molecule has 0 spiro atoms. The van der Waals surface area contributed by atoms with Crippen molar-refractivity contribution >= 4 is 42.6 Å². The smallest absolute Gasteiger partial charge is 0.0705 e. The summed E-state index contributed by atoms with van der Waals surface area (Å²) < 4.78 is 6.03. The predicted molar refractivity (Wildman–Crippen MR) is 107 cm³/mol. The molecule has 1 fully saturated rings. The molecule has 2 heteroatoms. The Kier molecular flexibility index (Phi) is 3.58. The summed E-state index contributed by atoms with van der Waals surface area (Å²) in [5.41, 5.74) is 1.43. The normalized spacial score (nSPS) is 21.5. The van der Waals surface area contributed by atoms with E-state index < -0.39 is 0 Å². The van der Waals surface area contributed by atoms with E-state index in [0.717, 1.165) is 25.9 Å². The number of benzene rings is 4. The van der Waals surface area contributed by atoms with Gasteiger partial charge in [0.1, 0.15) is 0 Å². The molecule has 1 aliphatic rings. The lowest BCUT2D eigenvalue weighted by Gasteiger charge is -2.34. The zero-order valence-corrected chi connectivity index (χ0v) is 15.3. The van der Waals surface area contributed by atoms with Gasteiger partial charge in [-0.15, -0.1) is 0 Å². The van der Waals surface area contributed by atoms with Gasteiger partial charge in [-0.05, 0) is 70.0 Å². The molecule has 4 aromatic rings. The molecule has 0 N–H and O–H groups in total. The number of hydrogen-bond acceptors (Lipinski definition) is 1. The third kappa shape index (κ3) is 2.56. The average Bonchev–Trinajstić information content (AvgIpc) is 2.65. The number of aryl methyl sites for hydroxylation is 1. The first kappa shape index (κ1) is 15.4. The second-order valence-corrected chi connectivity index (χ2v) is 8.29. The Balaban J connectivity index is 1.61. The molecule has 5 rings (SSSR count). The highest BCUT2D eigenvalue weighted by Crippen LogP contribution is 2.37. The van der Waals surface area contributed by atoms with Gasteiger partial charge in [-0.1, -0.05) is 54.6 Å². The van der Waals surface area contributed by atoms with E-state index in [2.05, 4.69) is 64.8 Å². The Bertz CT molecular complexity index is 1030. The lowest BCUT2D eigenvalue weighted by Crippen LogP contribution is -2.37. The first-order valence-corrected chi connectivity index (χ1v) is 9.78. The fourth-order valence-corrected chi connectivity index (χ4v) is 4.80. The van der Waals surface area contributed by atoms with E-state index in [-0.39, 0.29) is 5.22 Å². The Morgan fingerprint density at radius 1 is 0.840 bits per heavy atom. The van der Waals surface area contributed by atoms with Gasteiger partial charge in [0, 0.05) is 6.61 Å². The molecular weight excluding hydrogens is 320 g/mol. The standard InChI is InChI=1S/C23H21OSi/c25-23(13-1-2-15-24-23)14-12-16-6-7-19-9-8-17-4-3-5-18-10-11-20(16)22(19)21(17)18/h3-11H,1-2,12-15H2. The molecule has 0 aliphatic carbocycles. The molecule has 3 radical (unpaired) electrons. The molecule has 1 saturated heterocycles. The monoisotopic (exact) mass is 341 g/mol. The van der Waals surface area contributed by atoms with Crippen molar-refractivity contribution in [3.63, 3.8) is 0 Å². The third-order valence-corrected chi connectivity index (χ3v) is 6.41. The van der Waals surface area contributed by atoms with E-state index in [1.165, 1.54) is 50.7 Å². The van der Waals surface area contributed by atoms with Crippen LogP contribution in [0.2, 0.25) is 0 Å². The Morgan fingerprint density at radius 3 is 2.32 bits per heavy atom. The van der Waals surface area contributed by atoms with Crippen molar-refractivity contribution in [2.24, 2.45) is 0 Å². The minimum atomic E-state index is -0.137. The summed E-state index contributed by atoms with van der Waals surface area (Å²) in [4.78, 5) is 0. The number of ether oxygens (including phenoxy) is 1. The second kappa shape index (κ2) is 5.82. The lowest BCUT2D eigenvalue weighted by molar-refractivity contribution is -0.0222. The summed E-state index contributed by atoms with van der Waals surface area (Å²) in [6.07, 6.45) is 5.61. The maximum absolute atomic E-state index is 6.03. The Hall–Kier alpha value is -1.90. The molecule has 0 saturated carbocycles. The van der Waals surface area contributed by atoms with Crippen LogP contribution in [-0.2, 0) is 11.2 Å². The van der Waals surface area contributed by atoms with Gasteiger partial charge in [-0.3, -0.25) is 0 Å². The topological polar surface area (TPSA) is 9.23 Å². The maximum atomic E-state index is 6.03. The summed E-state index contributed by atoms with van der Waals surface area (Å²) in [7, 11) is 3.92. The molecule has 0 bridgehead atoms. The minimum absolute atomic E-state index is 0.137. The van der Waals surface area contributed by atoms with Gasteiger partial charge >= 0.3 is 0 Å². The van der Waals surface area contributed by atoms with Crippen LogP contribution in [0.5, 0.6) is 0 Å². The summed E-state index contributed by atoms with van der Waals surface area (Å²) >= 11 is 0. The van der Waals surface area contributed by atoms with Crippen molar-refractivity contribution in [3.05, 3.63) is 60.2 Å². The Morgan fingerprint density at radius 2 is 1.56 bits per heavy atom. The van der Waals surface area contributed by atoms with Crippen molar-refractivity contribution in [3.8, 4) is 0 Å². The molecule has 123 valence electrons.